The van der Waals surface area contributed by atoms with Crippen molar-refractivity contribution < 1.29 is 9.59 Å². The van der Waals surface area contributed by atoms with Crippen molar-refractivity contribution in [1.82, 2.24) is 55.8 Å². The molecule has 43 heavy (non-hydrogen) atoms. The molecule has 8 rings (SSSR count). The van der Waals surface area contributed by atoms with Gasteiger partial charge in [0.25, 0.3) is 0 Å². The van der Waals surface area contributed by atoms with Gasteiger partial charge in [-0.25, -0.2) is 9.97 Å². The third kappa shape index (κ3) is 6.82. The molecule has 14 nitrogen and oxygen atoms in total. The maximum Gasteiger partial charge on any atom is 0.240 e. The maximum atomic E-state index is 12.1. The molecule has 0 radical (unpaired) electrons. The van der Waals surface area contributed by atoms with E-state index in [0.717, 1.165) is 104 Å². The molecule has 4 aliphatic heterocycles. The number of aromatic nitrogens is 6. The van der Waals surface area contributed by atoms with E-state index in [4.69, 9.17) is 0 Å². The van der Waals surface area contributed by atoms with Crippen LogP contribution in [0.2, 0.25) is 0 Å². The first-order chi connectivity index (χ1) is 20.8. The summed E-state index contributed by atoms with van der Waals surface area (Å²) in [6.45, 7) is 6.84. The van der Waals surface area contributed by atoms with Gasteiger partial charge in [0.1, 0.15) is 18.5 Å². The number of hydrogen-bond donors (Lipinski definition) is 5. The van der Waals surface area contributed by atoms with E-state index in [9.17, 15) is 9.59 Å². The molecule has 4 aliphatic rings. The van der Waals surface area contributed by atoms with Gasteiger partial charge in [0.2, 0.25) is 26.9 Å². The number of rotatable bonds is 1. The minimum absolute atomic E-state index is 0.150. The van der Waals surface area contributed by atoms with Crippen LogP contribution in [0.15, 0.2) is 16.3 Å². The maximum absolute atomic E-state index is 12.1. The second-order valence-corrected chi connectivity index (χ2v) is 15.9. The number of piperidine rings is 2. The second-order valence-electron chi connectivity index (χ2n) is 10.6. The SMILES string of the molecule is Brc1nn2c(I)cnc2s1.O=C1NCCNC12CCN(c1nn3c(I)cnc3s1)CC2.O=C1NCCNC12CCNCC2. The molecule has 19 heteroatoms. The molecule has 0 aromatic carbocycles. The monoisotopic (exact) mass is 916 g/mol. The van der Waals surface area contributed by atoms with Crippen LogP contribution in [-0.2, 0) is 9.59 Å². The molecule has 2 spiro atoms. The molecular formula is C24H31BrI2N12O2S2. The van der Waals surface area contributed by atoms with Crippen LogP contribution < -0.4 is 31.5 Å². The first-order valence-electron chi connectivity index (χ1n) is 14.0. The molecule has 4 saturated heterocycles. The number of hydrogen-bond acceptors (Lipinski definition) is 12. The lowest BCUT2D eigenvalue weighted by Crippen LogP contribution is -2.66. The summed E-state index contributed by atoms with van der Waals surface area (Å²) >= 11 is 10.8. The van der Waals surface area contributed by atoms with Crippen LogP contribution in [0.25, 0.3) is 9.92 Å². The topological polar surface area (TPSA) is 158 Å². The summed E-state index contributed by atoms with van der Waals surface area (Å²) in [6.07, 6.45) is 7.09. The number of halogens is 3. The van der Waals surface area contributed by atoms with Crippen molar-refractivity contribution in [2.75, 3.05) is 57.3 Å². The molecule has 0 bridgehead atoms. The van der Waals surface area contributed by atoms with Gasteiger partial charge in [-0.1, -0.05) is 22.7 Å². The quantitative estimate of drug-likeness (QED) is 0.177. The molecular weight excluding hydrogens is 886 g/mol. The zero-order valence-corrected chi connectivity index (χ0v) is 30.6. The number of fused-ring (bicyclic) bond motifs is 2. The Balaban J connectivity index is 0.000000126. The molecule has 0 aliphatic carbocycles. The van der Waals surface area contributed by atoms with Gasteiger partial charge in [-0.3, -0.25) is 9.59 Å². The van der Waals surface area contributed by atoms with E-state index in [1.165, 1.54) is 11.3 Å². The fraction of sp³-hybridized carbons (Fsp3) is 0.583. The Labute approximate surface area is 291 Å². The van der Waals surface area contributed by atoms with E-state index in [2.05, 4.69) is 113 Å². The Kier molecular flexibility index (Phi) is 10.1. The summed E-state index contributed by atoms with van der Waals surface area (Å²) < 4.78 is 6.60. The van der Waals surface area contributed by atoms with Crippen LogP contribution in [0.4, 0.5) is 5.13 Å². The summed E-state index contributed by atoms with van der Waals surface area (Å²) in [7, 11) is 0. The molecule has 4 fully saturated rings. The number of anilines is 1. The highest BCUT2D eigenvalue weighted by Crippen LogP contribution is 2.31. The highest BCUT2D eigenvalue weighted by Gasteiger charge is 2.43. The van der Waals surface area contributed by atoms with Crippen molar-refractivity contribution in [2.45, 2.75) is 36.8 Å². The van der Waals surface area contributed by atoms with Crippen LogP contribution in [0.3, 0.4) is 0 Å². The fourth-order valence-electron chi connectivity index (χ4n) is 5.62. The van der Waals surface area contributed by atoms with E-state index in [0.29, 0.717) is 0 Å². The summed E-state index contributed by atoms with van der Waals surface area (Å²) in [4.78, 5) is 36.3. The standard InChI is InChI=1S/C12H15IN6OS.C8H15N3O.C4HBrIN3S/c13-8-7-15-10-19(8)17-11(21-10)18-5-1-12(2-6-18)9(20)14-3-4-16-12;12-7-8(11-6-5-10-7)1-3-9-4-2-8;5-3-8-9-2(6)1-7-4(9)10-3/h7,16H,1-6H2,(H,14,20);9,11H,1-6H2,(H,10,12);1H. The van der Waals surface area contributed by atoms with Crippen LogP contribution in [0, 0.1) is 7.40 Å². The molecule has 0 saturated carbocycles. The number of amides is 2. The summed E-state index contributed by atoms with van der Waals surface area (Å²) in [5, 5.41) is 25.6. The third-order valence-electron chi connectivity index (χ3n) is 8.01. The van der Waals surface area contributed by atoms with Gasteiger partial charge in [0.05, 0.1) is 12.4 Å². The molecule has 0 unspecified atom stereocenters. The van der Waals surface area contributed by atoms with Gasteiger partial charge in [0.15, 0.2) is 3.92 Å². The third-order valence-corrected chi connectivity index (χ3v) is 11.8. The summed E-state index contributed by atoms with van der Waals surface area (Å²) in [5.74, 6) is 0.340. The van der Waals surface area contributed by atoms with E-state index in [1.807, 2.05) is 10.7 Å². The first-order valence-corrected chi connectivity index (χ1v) is 18.5. The highest BCUT2D eigenvalue weighted by molar-refractivity contribution is 14.1. The number of nitrogens with one attached hydrogen (secondary N) is 5. The first kappa shape index (κ1) is 31.7. The van der Waals surface area contributed by atoms with E-state index < -0.39 is 0 Å². The van der Waals surface area contributed by atoms with Gasteiger partial charge >= 0.3 is 0 Å². The van der Waals surface area contributed by atoms with Crippen molar-refractivity contribution in [1.29, 1.82) is 0 Å². The average molecular weight is 917 g/mol. The van der Waals surface area contributed by atoms with E-state index in [-0.39, 0.29) is 22.9 Å². The van der Waals surface area contributed by atoms with Gasteiger partial charge in [-0.2, -0.15) is 9.03 Å². The largest absolute Gasteiger partial charge is 0.353 e. The predicted octanol–water partition coefficient (Wildman–Crippen LogP) is 1.44. The number of nitrogens with zero attached hydrogens (tertiary/aromatic N) is 7. The predicted molar refractivity (Wildman–Crippen MR) is 186 cm³/mol. The van der Waals surface area contributed by atoms with Crippen LogP contribution >= 0.6 is 83.8 Å². The number of carbonyl (C=O) groups is 2. The van der Waals surface area contributed by atoms with Gasteiger partial charge in [-0.05, 0) is 99.9 Å². The van der Waals surface area contributed by atoms with Gasteiger partial charge in [0, 0.05) is 39.3 Å². The van der Waals surface area contributed by atoms with Crippen LogP contribution in [-0.4, -0.2) is 104 Å². The van der Waals surface area contributed by atoms with Crippen molar-refractivity contribution in [2.24, 2.45) is 0 Å². The lowest BCUT2D eigenvalue weighted by Gasteiger charge is -2.43. The van der Waals surface area contributed by atoms with E-state index in [1.54, 1.807) is 22.0 Å². The summed E-state index contributed by atoms with van der Waals surface area (Å²) in [6, 6.07) is 0. The Morgan fingerprint density at radius 3 is 1.81 bits per heavy atom. The Hall–Kier alpha value is -1.24. The lowest BCUT2D eigenvalue weighted by atomic mass is 9.85. The smallest absolute Gasteiger partial charge is 0.240 e. The molecule has 232 valence electrons. The Morgan fingerprint density at radius 2 is 1.28 bits per heavy atom. The number of imidazole rings is 2. The lowest BCUT2D eigenvalue weighted by molar-refractivity contribution is -0.131. The summed E-state index contributed by atoms with van der Waals surface area (Å²) in [5.41, 5.74) is -0.621. The Bertz CT molecular complexity index is 1580. The molecule has 2 amide bonds. The molecule has 5 N–H and O–H groups in total. The molecule has 8 heterocycles. The number of piperazine rings is 2. The van der Waals surface area contributed by atoms with Crippen molar-refractivity contribution in [3.8, 4) is 0 Å². The van der Waals surface area contributed by atoms with Crippen LogP contribution in [0.5, 0.6) is 0 Å². The van der Waals surface area contributed by atoms with Crippen molar-refractivity contribution in [3.63, 3.8) is 0 Å². The van der Waals surface area contributed by atoms with Gasteiger partial charge < -0.3 is 31.5 Å². The molecule has 4 aromatic rings. The molecule has 0 atom stereocenters. The molecule has 4 aromatic heterocycles. The van der Waals surface area contributed by atoms with Gasteiger partial charge in [-0.15, -0.1) is 10.2 Å². The minimum Gasteiger partial charge on any atom is -0.353 e. The number of carbonyl (C=O) groups excluding carboxylic acids is 2. The fourth-order valence-corrected chi connectivity index (χ4v) is 9.03. The normalized spacial score (nSPS) is 21.2. The van der Waals surface area contributed by atoms with Crippen molar-refractivity contribution in [3.05, 3.63) is 23.7 Å². The van der Waals surface area contributed by atoms with E-state index >= 15 is 0 Å². The van der Waals surface area contributed by atoms with Crippen molar-refractivity contribution >= 4 is 111 Å². The highest BCUT2D eigenvalue weighted by atomic mass is 127. The second kappa shape index (κ2) is 13.6. The zero-order valence-electron chi connectivity index (χ0n) is 23.0. The Morgan fingerprint density at radius 1 is 0.744 bits per heavy atom. The minimum atomic E-state index is -0.374. The zero-order chi connectivity index (χ0) is 30.0. The van der Waals surface area contributed by atoms with Crippen LogP contribution in [0.1, 0.15) is 25.7 Å². The average Bonchev–Trinajstić information content (AvgIpc) is 3.78.